The molecule has 0 aliphatic carbocycles. The highest BCUT2D eigenvalue weighted by atomic mass is 16.2. The van der Waals surface area contributed by atoms with Crippen LogP contribution in [0.25, 0.3) is 0 Å². The molecule has 4 aromatic rings. The number of nitrogens with zero attached hydrogens (tertiary/aromatic N) is 4. The van der Waals surface area contributed by atoms with Gasteiger partial charge in [-0.25, -0.2) is 9.78 Å². The second-order valence-electron chi connectivity index (χ2n) is 9.04. The second-order valence-corrected chi connectivity index (χ2v) is 9.04. The quantitative estimate of drug-likeness (QED) is 0.327. The van der Waals surface area contributed by atoms with E-state index in [4.69, 9.17) is 5.73 Å². The van der Waals surface area contributed by atoms with E-state index < -0.39 is 0 Å². The normalized spacial score (nSPS) is 12.8. The first-order chi connectivity index (χ1) is 17.8. The Kier molecular flexibility index (Phi) is 6.19. The first-order valence-electron chi connectivity index (χ1n) is 11.8. The van der Waals surface area contributed by atoms with E-state index in [2.05, 4.69) is 20.6 Å². The van der Waals surface area contributed by atoms with Crippen LogP contribution in [0.1, 0.15) is 27.0 Å². The van der Waals surface area contributed by atoms with Crippen LogP contribution in [0, 0.1) is 13.8 Å². The molecule has 4 N–H and O–H groups in total. The van der Waals surface area contributed by atoms with Crippen LogP contribution in [0.5, 0.6) is 0 Å². The molecular weight excluding hydrogens is 466 g/mol. The van der Waals surface area contributed by atoms with Crippen molar-refractivity contribution in [1.82, 2.24) is 9.97 Å². The first-order valence-corrected chi connectivity index (χ1v) is 11.8. The molecule has 186 valence electrons. The Morgan fingerprint density at radius 1 is 1.00 bits per heavy atom. The minimum absolute atomic E-state index is 0.208. The van der Waals surface area contributed by atoms with E-state index in [1.807, 2.05) is 62.4 Å². The maximum Gasteiger partial charge on any atom is 0.330 e. The Balaban J connectivity index is 1.39. The van der Waals surface area contributed by atoms with Gasteiger partial charge in [-0.15, -0.1) is 0 Å². The minimum atomic E-state index is -0.227. The van der Waals surface area contributed by atoms with Gasteiger partial charge in [0.05, 0.1) is 12.2 Å². The van der Waals surface area contributed by atoms with Crippen LogP contribution in [-0.4, -0.2) is 29.0 Å². The van der Waals surface area contributed by atoms with Crippen LogP contribution in [0.3, 0.4) is 0 Å². The van der Waals surface area contributed by atoms with Crippen molar-refractivity contribution in [2.45, 2.75) is 20.4 Å². The summed E-state index contributed by atoms with van der Waals surface area (Å²) in [6, 6.07) is 20.0. The molecule has 1 aliphatic rings. The number of carbonyl (C=O) groups excluding carboxylic acids is 2. The number of hydrogen-bond acceptors (Lipinski definition) is 6. The Morgan fingerprint density at radius 3 is 2.51 bits per heavy atom. The largest absolute Gasteiger partial charge is 0.399 e. The molecule has 9 nitrogen and oxygen atoms in total. The van der Waals surface area contributed by atoms with Crippen LogP contribution in [0.2, 0.25) is 0 Å². The molecule has 2 heterocycles. The zero-order valence-electron chi connectivity index (χ0n) is 20.8. The third-order valence-electron chi connectivity index (χ3n) is 6.21. The van der Waals surface area contributed by atoms with E-state index in [-0.39, 0.29) is 11.9 Å². The van der Waals surface area contributed by atoms with Crippen molar-refractivity contribution in [1.29, 1.82) is 0 Å². The summed E-state index contributed by atoms with van der Waals surface area (Å²) >= 11 is 0. The first kappa shape index (κ1) is 23.8. The second kappa shape index (κ2) is 9.62. The molecule has 0 bridgehead atoms. The van der Waals surface area contributed by atoms with Crippen molar-refractivity contribution in [3.8, 4) is 0 Å². The number of hydrogen-bond donors (Lipinski definition) is 3. The number of nitrogens with one attached hydrogen (secondary N) is 2. The third-order valence-corrected chi connectivity index (χ3v) is 6.21. The number of nitrogen functional groups attached to an aromatic ring is 1. The molecule has 0 spiro atoms. The van der Waals surface area contributed by atoms with Crippen molar-refractivity contribution in [3.63, 3.8) is 0 Å². The molecule has 0 fully saturated rings. The van der Waals surface area contributed by atoms with E-state index in [0.717, 1.165) is 22.4 Å². The van der Waals surface area contributed by atoms with E-state index in [0.29, 0.717) is 40.9 Å². The zero-order chi connectivity index (χ0) is 26.1. The lowest BCUT2D eigenvalue weighted by Gasteiger charge is -2.35. The van der Waals surface area contributed by atoms with Crippen LogP contribution in [-0.2, 0) is 6.54 Å². The van der Waals surface area contributed by atoms with E-state index >= 15 is 0 Å². The van der Waals surface area contributed by atoms with Gasteiger partial charge >= 0.3 is 6.03 Å². The monoisotopic (exact) mass is 493 g/mol. The van der Waals surface area contributed by atoms with Crippen LogP contribution >= 0.6 is 0 Å². The molecule has 37 heavy (non-hydrogen) atoms. The van der Waals surface area contributed by atoms with Gasteiger partial charge in [0.25, 0.3) is 5.91 Å². The van der Waals surface area contributed by atoms with Crippen molar-refractivity contribution in [2.24, 2.45) is 0 Å². The highest BCUT2D eigenvalue weighted by Gasteiger charge is 2.31. The molecule has 0 saturated carbocycles. The SMILES string of the molecule is Cc1cccc(C(=O)Nc2ccc(C)c(N3Cc4cnc(Nc5ccc(N)cc5)nc4N(C)C3=O)c2)c1. The summed E-state index contributed by atoms with van der Waals surface area (Å²) in [6.07, 6.45) is 1.72. The smallest absolute Gasteiger partial charge is 0.330 e. The van der Waals surface area contributed by atoms with Gasteiger partial charge in [0.1, 0.15) is 5.82 Å². The van der Waals surface area contributed by atoms with E-state index in [1.54, 1.807) is 36.3 Å². The highest BCUT2D eigenvalue weighted by molar-refractivity contribution is 6.07. The number of anilines is 6. The third kappa shape index (κ3) is 4.92. The van der Waals surface area contributed by atoms with Gasteiger partial charge in [-0.3, -0.25) is 14.6 Å². The number of aryl methyl sites for hydroxylation is 2. The van der Waals surface area contributed by atoms with Crippen molar-refractivity contribution >= 4 is 46.5 Å². The summed E-state index contributed by atoms with van der Waals surface area (Å²) in [6.45, 7) is 4.18. The maximum atomic E-state index is 13.4. The number of nitrogens with two attached hydrogens (primary N) is 1. The fourth-order valence-corrected chi connectivity index (χ4v) is 4.22. The number of carbonyl (C=O) groups is 2. The summed E-state index contributed by atoms with van der Waals surface area (Å²) in [7, 11) is 1.69. The van der Waals surface area contributed by atoms with Crippen molar-refractivity contribution < 1.29 is 9.59 Å². The molecule has 1 aliphatic heterocycles. The molecule has 0 saturated heterocycles. The van der Waals surface area contributed by atoms with Crippen molar-refractivity contribution in [3.05, 3.63) is 95.2 Å². The molecule has 0 radical (unpaired) electrons. The van der Waals surface area contributed by atoms with E-state index in [1.165, 1.54) is 4.90 Å². The van der Waals surface area contributed by atoms with E-state index in [9.17, 15) is 9.59 Å². The summed E-state index contributed by atoms with van der Waals surface area (Å²) in [5.41, 5.74) is 11.8. The fourth-order valence-electron chi connectivity index (χ4n) is 4.22. The fraction of sp³-hybridized carbons (Fsp3) is 0.143. The highest BCUT2D eigenvalue weighted by Crippen LogP contribution is 2.33. The molecule has 9 heteroatoms. The van der Waals surface area contributed by atoms with Gasteiger partial charge in [0, 0.05) is 41.4 Å². The summed E-state index contributed by atoms with van der Waals surface area (Å²) in [4.78, 5) is 38.4. The molecular formula is C28H27N7O2. The molecule has 1 aromatic heterocycles. The lowest BCUT2D eigenvalue weighted by molar-refractivity contribution is 0.102. The molecule has 5 rings (SSSR count). The molecule has 0 atom stereocenters. The van der Waals surface area contributed by atoms with Crippen LogP contribution < -0.4 is 26.2 Å². The van der Waals surface area contributed by atoms with Gasteiger partial charge in [0.15, 0.2) is 0 Å². The lowest BCUT2D eigenvalue weighted by atomic mass is 10.1. The average molecular weight is 494 g/mol. The van der Waals surface area contributed by atoms with Crippen LogP contribution in [0.15, 0.2) is 72.9 Å². The Bertz CT molecular complexity index is 1500. The molecule has 3 amide bonds. The molecule has 3 aromatic carbocycles. The lowest BCUT2D eigenvalue weighted by Crippen LogP contribution is -2.46. The van der Waals surface area contributed by atoms with Gasteiger partial charge in [-0.1, -0.05) is 23.8 Å². The zero-order valence-corrected chi connectivity index (χ0v) is 20.8. The number of rotatable bonds is 5. The predicted molar refractivity (Wildman–Crippen MR) is 146 cm³/mol. The van der Waals surface area contributed by atoms with Gasteiger partial charge in [0.2, 0.25) is 5.95 Å². The van der Waals surface area contributed by atoms with Gasteiger partial charge in [-0.05, 0) is 67.9 Å². The minimum Gasteiger partial charge on any atom is -0.399 e. The number of aromatic nitrogens is 2. The standard InChI is InChI=1S/C28H27N7O2/c1-17-5-4-6-19(13-17)26(36)31-23-10-7-18(2)24(14-23)35-16-20-15-30-27(33-25(20)34(3)28(35)37)32-22-11-8-21(29)9-12-22/h4-15H,16,29H2,1-3H3,(H,31,36)(H,30,32,33). The van der Waals surface area contributed by atoms with Gasteiger partial charge in [-0.2, -0.15) is 4.98 Å². The topological polar surface area (TPSA) is 116 Å². The Morgan fingerprint density at radius 2 is 1.76 bits per heavy atom. The average Bonchev–Trinajstić information content (AvgIpc) is 2.89. The summed E-state index contributed by atoms with van der Waals surface area (Å²) in [5.74, 6) is 0.713. The number of urea groups is 1. The Hall–Kier alpha value is -4.92. The summed E-state index contributed by atoms with van der Waals surface area (Å²) in [5, 5.41) is 6.08. The molecule has 0 unspecified atom stereocenters. The van der Waals surface area contributed by atoms with Crippen LogP contribution in [0.4, 0.5) is 39.3 Å². The number of amides is 3. The number of benzene rings is 3. The summed E-state index contributed by atoms with van der Waals surface area (Å²) < 4.78 is 0. The van der Waals surface area contributed by atoms with Crippen molar-refractivity contribution in [2.75, 3.05) is 33.2 Å². The predicted octanol–water partition coefficient (Wildman–Crippen LogP) is 5.25. The van der Waals surface area contributed by atoms with Gasteiger partial charge < -0.3 is 16.4 Å². The maximum absolute atomic E-state index is 13.4. The number of fused-ring (bicyclic) bond motifs is 1. The Labute approximate surface area is 215 Å².